The number of rotatable bonds is 4. The number of aryl methyl sites for hydroxylation is 1. The van der Waals surface area contributed by atoms with Crippen molar-refractivity contribution >= 4 is 27.9 Å². The lowest BCUT2D eigenvalue weighted by Gasteiger charge is -2.37. The molecule has 6 nitrogen and oxygen atoms in total. The molecular formula is C19H24ClN4O2S+. The summed E-state index contributed by atoms with van der Waals surface area (Å²) in [7, 11) is 0. The molecule has 1 fully saturated rings. The second-order valence-corrected chi connectivity index (χ2v) is 8.62. The van der Waals surface area contributed by atoms with Gasteiger partial charge >= 0.3 is 0 Å². The molecule has 3 aromatic rings. The number of fused-ring (bicyclic) bond motifs is 1. The highest BCUT2D eigenvalue weighted by molar-refractivity contribution is 7.17. The predicted molar refractivity (Wildman–Crippen MR) is 106 cm³/mol. The third-order valence-corrected chi connectivity index (χ3v) is 6.30. The number of thiazole rings is 1. The number of aromatic hydroxyl groups is 1. The Morgan fingerprint density at radius 3 is 2.74 bits per heavy atom. The third-order valence-electron chi connectivity index (χ3n) is 4.98. The number of nitrogens with one attached hydrogen (secondary N) is 1. The number of nitrogens with zero attached hydrogens (tertiary/aromatic N) is 3. The molecular weight excluding hydrogens is 384 g/mol. The number of quaternary nitrogens is 1. The van der Waals surface area contributed by atoms with Crippen molar-refractivity contribution in [1.82, 2.24) is 14.6 Å². The topological polar surface area (TPSA) is 64.1 Å². The van der Waals surface area contributed by atoms with Gasteiger partial charge in [0, 0.05) is 17.0 Å². The van der Waals surface area contributed by atoms with Crippen LogP contribution >= 0.6 is 22.9 Å². The molecule has 0 unspecified atom stereocenters. The van der Waals surface area contributed by atoms with E-state index < -0.39 is 0 Å². The van der Waals surface area contributed by atoms with Crippen LogP contribution < -0.4 is 4.90 Å². The summed E-state index contributed by atoms with van der Waals surface area (Å²) in [5.74, 6) is 0.912. The highest BCUT2D eigenvalue weighted by Crippen LogP contribution is 2.35. The molecule has 8 heteroatoms. The molecule has 3 atom stereocenters. The van der Waals surface area contributed by atoms with Gasteiger partial charge in [-0.2, -0.15) is 4.52 Å². The van der Waals surface area contributed by atoms with E-state index >= 15 is 0 Å². The van der Waals surface area contributed by atoms with Crippen molar-refractivity contribution in [2.75, 3.05) is 13.1 Å². The Morgan fingerprint density at radius 2 is 2.11 bits per heavy atom. The molecule has 1 aliphatic heterocycles. The SMILES string of the molecule is CCc1nc2sc([C@H](c3cccc(Cl)c3)[NH+]3C[C@@H](C)O[C@H](C)C3)c(O)n2n1. The number of ether oxygens (including phenoxy) is 1. The van der Waals surface area contributed by atoms with Crippen molar-refractivity contribution < 1.29 is 14.7 Å². The maximum Gasteiger partial charge on any atom is 0.235 e. The molecule has 0 spiro atoms. The van der Waals surface area contributed by atoms with E-state index in [-0.39, 0.29) is 24.1 Å². The van der Waals surface area contributed by atoms with Gasteiger partial charge in [0.2, 0.25) is 10.8 Å². The third kappa shape index (κ3) is 3.57. The van der Waals surface area contributed by atoms with Crippen LogP contribution in [0.2, 0.25) is 5.02 Å². The van der Waals surface area contributed by atoms with Gasteiger partial charge < -0.3 is 14.7 Å². The minimum absolute atomic E-state index is 0.0453. The predicted octanol–water partition coefficient (Wildman–Crippen LogP) is 2.49. The molecule has 1 saturated heterocycles. The standard InChI is InChI=1S/C19H23ClN4O2S/c1-4-15-21-19-24(22-15)18(25)17(27-19)16(13-6-5-7-14(20)8-13)23-9-11(2)26-12(3)10-23/h5-8,11-12,16,25H,4,9-10H2,1-3H3/p+1/t11-,12-,16+/m1/s1. The van der Waals surface area contributed by atoms with E-state index in [1.807, 2.05) is 25.1 Å². The average molecular weight is 408 g/mol. The molecule has 144 valence electrons. The zero-order valence-electron chi connectivity index (χ0n) is 15.6. The Hall–Kier alpha value is -1.67. The van der Waals surface area contributed by atoms with Crippen LogP contribution in [0.1, 0.15) is 43.1 Å². The second-order valence-electron chi connectivity index (χ2n) is 7.18. The van der Waals surface area contributed by atoms with Crippen LogP contribution in [0.3, 0.4) is 0 Å². The summed E-state index contributed by atoms with van der Waals surface area (Å²) in [4.78, 5) is 7.47. The maximum atomic E-state index is 11.0. The zero-order valence-corrected chi connectivity index (χ0v) is 17.2. The number of halogens is 1. The number of aromatic nitrogens is 3. The fourth-order valence-electron chi connectivity index (χ4n) is 3.94. The molecule has 4 rings (SSSR count). The number of hydrogen-bond acceptors (Lipinski definition) is 5. The summed E-state index contributed by atoms with van der Waals surface area (Å²) >= 11 is 7.79. The lowest BCUT2D eigenvalue weighted by molar-refractivity contribution is -0.939. The van der Waals surface area contributed by atoms with Gasteiger partial charge in [-0.1, -0.05) is 42.0 Å². The second kappa shape index (κ2) is 7.39. The van der Waals surface area contributed by atoms with Crippen LogP contribution in [0.4, 0.5) is 0 Å². The van der Waals surface area contributed by atoms with Crippen LogP contribution in [-0.4, -0.2) is 45.0 Å². The molecule has 0 bridgehead atoms. The van der Waals surface area contributed by atoms with E-state index in [2.05, 4.69) is 30.0 Å². The summed E-state index contributed by atoms with van der Waals surface area (Å²) in [6.07, 6.45) is 1.05. The summed E-state index contributed by atoms with van der Waals surface area (Å²) in [5, 5.41) is 16.1. The first kappa shape index (κ1) is 18.7. The molecule has 0 radical (unpaired) electrons. The molecule has 3 heterocycles. The van der Waals surface area contributed by atoms with Gasteiger partial charge in [-0.3, -0.25) is 0 Å². The molecule has 0 aliphatic carbocycles. The van der Waals surface area contributed by atoms with Crippen LogP contribution in [-0.2, 0) is 11.2 Å². The Balaban J connectivity index is 1.82. The van der Waals surface area contributed by atoms with Gasteiger partial charge in [-0.05, 0) is 26.0 Å². The minimum atomic E-state index is -0.0453. The fourth-order valence-corrected chi connectivity index (χ4v) is 5.30. The Morgan fingerprint density at radius 1 is 1.37 bits per heavy atom. The van der Waals surface area contributed by atoms with Gasteiger partial charge in [0.05, 0.1) is 0 Å². The first-order chi connectivity index (χ1) is 13.0. The maximum absolute atomic E-state index is 11.0. The van der Waals surface area contributed by atoms with Crippen LogP contribution in [0, 0.1) is 0 Å². The van der Waals surface area contributed by atoms with Crippen LogP contribution in [0.15, 0.2) is 24.3 Å². The van der Waals surface area contributed by atoms with Gasteiger partial charge in [0.25, 0.3) is 0 Å². The quantitative estimate of drug-likeness (QED) is 0.697. The van der Waals surface area contributed by atoms with E-state index in [0.717, 1.165) is 40.7 Å². The summed E-state index contributed by atoms with van der Waals surface area (Å²) < 4.78 is 7.49. The lowest BCUT2D eigenvalue weighted by Crippen LogP contribution is -3.15. The van der Waals surface area contributed by atoms with E-state index in [1.54, 1.807) is 4.52 Å². The highest BCUT2D eigenvalue weighted by Gasteiger charge is 2.37. The van der Waals surface area contributed by atoms with Crippen molar-refractivity contribution in [3.05, 3.63) is 45.6 Å². The number of hydrogen-bond donors (Lipinski definition) is 2. The molecule has 1 aromatic carbocycles. The van der Waals surface area contributed by atoms with Gasteiger partial charge in [-0.15, -0.1) is 5.10 Å². The van der Waals surface area contributed by atoms with E-state index in [0.29, 0.717) is 5.02 Å². The summed E-state index contributed by atoms with van der Waals surface area (Å²) in [6, 6.07) is 7.84. The van der Waals surface area contributed by atoms with Gasteiger partial charge in [0.15, 0.2) is 11.9 Å². The normalized spacial score (nSPS) is 24.4. The van der Waals surface area contributed by atoms with Gasteiger partial charge in [0.1, 0.15) is 30.2 Å². The molecule has 2 aromatic heterocycles. The average Bonchev–Trinajstić information content (AvgIpc) is 3.14. The number of morpholine rings is 1. The Kier molecular flexibility index (Phi) is 5.11. The van der Waals surface area contributed by atoms with Crippen molar-refractivity contribution in [1.29, 1.82) is 0 Å². The van der Waals surface area contributed by atoms with Gasteiger partial charge in [-0.25, -0.2) is 4.98 Å². The molecule has 0 saturated carbocycles. The van der Waals surface area contributed by atoms with E-state index in [1.165, 1.54) is 16.2 Å². The highest BCUT2D eigenvalue weighted by atomic mass is 35.5. The van der Waals surface area contributed by atoms with Crippen molar-refractivity contribution in [2.45, 2.75) is 45.4 Å². The molecule has 0 amide bonds. The molecule has 2 N–H and O–H groups in total. The Bertz CT molecular complexity index is 946. The Labute approximate surface area is 167 Å². The minimum Gasteiger partial charge on any atom is -0.492 e. The lowest BCUT2D eigenvalue weighted by atomic mass is 10.0. The largest absolute Gasteiger partial charge is 0.492 e. The van der Waals surface area contributed by atoms with E-state index in [4.69, 9.17) is 16.3 Å². The zero-order chi connectivity index (χ0) is 19.1. The summed E-state index contributed by atoms with van der Waals surface area (Å²) in [5.41, 5.74) is 1.08. The van der Waals surface area contributed by atoms with Crippen molar-refractivity contribution in [3.8, 4) is 5.88 Å². The molecule has 27 heavy (non-hydrogen) atoms. The molecule has 1 aliphatic rings. The van der Waals surface area contributed by atoms with Crippen molar-refractivity contribution in [2.24, 2.45) is 0 Å². The van der Waals surface area contributed by atoms with E-state index in [9.17, 15) is 5.11 Å². The van der Waals surface area contributed by atoms with Crippen molar-refractivity contribution in [3.63, 3.8) is 0 Å². The van der Waals surface area contributed by atoms with Crippen LogP contribution in [0.25, 0.3) is 4.96 Å². The first-order valence-corrected chi connectivity index (χ1v) is 10.5. The number of benzene rings is 1. The summed E-state index contributed by atoms with van der Waals surface area (Å²) in [6.45, 7) is 7.91. The van der Waals surface area contributed by atoms with Crippen LogP contribution in [0.5, 0.6) is 5.88 Å². The fraction of sp³-hybridized carbons (Fsp3) is 0.474. The monoisotopic (exact) mass is 407 g/mol. The smallest absolute Gasteiger partial charge is 0.235 e. The first-order valence-electron chi connectivity index (χ1n) is 9.29.